The smallest absolute Gasteiger partial charge is 0.309 e. The minimum Gasteiger partial charge on any atom is -0.460 e. The van der Waals surface area contributed by atoms with Gasteiger partial charge in [-0.25, -0.2) is 4.39 Å². The average Bonchev–Trinajstić information content (AvgIpc) is 2.78. The Morgan fingerprint density at radius 3 is 2.95 bits per heavy atom. The summed E-state index contributed by atoms with van der Waals surface area (Å²) in [6.45, 7) is 4.01. The highest BCUT2D eigenvalue weighted by Crippen LogP contribution is 2.27. The van der Waals surface area contributed by atoms with Crippen LogP contribution in [-0.4, -0.2) is 18.1 Å². The molecule has 0 amide bonds. The van der Waals surface area contributed by atoms with E-state index in [1.54, 1.807) is 6.07 Å². The average molecular weight is 291 g/mol. The second-order valence-electron chi connectivity index (χ2n) is 5.92. The third-order valence-corrected chi connectivity index (χ3v) is 3.77. The van der Waals surface area contributed by atoms with E-state index in [2.05, 4.69) is 0 Å². The zero-order valence-corrected chi connectivity index (χ0v) is 12.5. The summed E-state index contributed by atoms with van der Waals surface area (Å²) in [5.41, 5.74) is 8.14. The van der Waals surface area contributed by atoms with Gasteiger partial charge in [0.05, 0.1) is 5.92 Å². The molecule has 3 atom stereocenters. The number of halogens is 1. The van der Waals surface area contributed by atoms with Gasteiger partial charge in [-0.15, -0.1) is 0 Å². The molecule has 1 saturated heterocycles. The van der Waals surface area contributed by atoms with Crippen LogP contribution in [-0.2, 0) is 16.0 Å². The lowest BCUT2D eigenvalue weighted by Crippen LogP contribution is -2.36. The maximum atomic E-state index is 13.2. The summed E-state index contributed by atoms with van der Waals surface area (Å²) in [6.07, 6.45) is 3.61. The van der Waals surface area contributed by atoms with Crippen LogP contribution in [0.25, 0.3) is 0 Å². The number of rotatable bonds is 5. The van der Waals surface area contributed by atoms with E-state index in [-0.39, 0.29) is 29.9 Å². The molecule has 1 unspecified atom stereocenters. The molecule has 1 aromatic rings. The van der Waals surface area contributed by atoms with E-state index in [1.165, 1.54) is 17.7 Å². The molecule has 0 aliphatic carbocycles. The first-order valence-electron chi connectivity index (χ1n) is 7.29. The molecule has 0 aromatic heterocycles. The van der Waals surface area contributed by atoms with Crippen molar-refractivity contribution in [2.45, 2.75) is 45.3 Å². The first kappa shape index (κ1) is 15.7. The van der Waals surface area contributed by atoms with Gasteiger partial charge < -0.3 is 10.5 Å². The molecule has 1 fully saturated rings. The van der Waals surface area contributed by atoms with Gasteiger partial charge in [-0.3, -0.25) is 4.79 Å². The quantitative estimate of drug-likeness (QED) is 0.670. The molecule has 1 aliphatic heterocycles. The monoisotopic (exact) mass is 291 g/mol. The van der Waals surface area contributed by atoms with Crippen molar-refractivity contribution in [3.05, 3.63) is 47.3 Å². The summed E-state index contributed by atoms with van der Waals surface area (Å²) < 4.78 is 18.5. The van der Waals surface area contributed by atoms with E-state index in [4.69, 9.17) is 10.5 Å². The van der Waals surface area contributed by atoms with Crippen LogP contribution in [0.5, 0.6) is 0 Å². The molecule has 0 radical (unpaired) electrons. The van der Waals surface area contributed by atoms with Crippen molar-refractivity contribution in [3.8, 4) is 0 Å². The third-order valence-electron chi connectivity index (χ3n) is 3.77. The maximum Gasteiger partial charge on any atom is 0.309 e. The lowest BCUT2D eigenvalue weighted by atomic mass is 9.94. The summed E-state index contributed by atoms with van der Waals surface area (Å²) in [5.74, 6) is -0.555. The van der Waals surface area contributed by atoms with Crippen LogP contribution in [0.1, 0.15) is 32.3 Å². The number of nitrogens with two attached hydrogens (primary N) is 1. The number of allylic oxidation sites excluding steroid dienone is 2. The second kappa shape index (κ2) is 6.85. The van der Waals surface area contributed by atoms with E-state index in [0.717, 1.165) is 5.56 Å². The summed E-state index contributed by atoms with van der Waals surface area (Å²) >= 11 is 0. The fourth-order valence-electron chi connectivity index (χ4n) is 2.57. The summed E-state index contributed by atoms with van der Waals surface area (Å²) in [5, 5.41) is 0. The highest BCUT2D eigenvalue weighted by molar-refractivity contribution is 5.75. The zero-order valence-electron chi connectivity index (χ0n) is 12.5. The van der Waals surface area contributed by atoms with Crippen LogP contribution in [0.2, 0.25) is 0 Å². The van der Waals surface area contributed by atoms with Gasteiger partial charge in [-0.05, 0) is 50.8 Å². The van der Waals surface area contributed by atoms with Crippen molar-refractivity contribution in [1.82, 2.24) is 0 Å². The van der Waals surface area contributed by atoms with Gasteiger partial charge in [-0.2, -0.15) is 0 Å². The van der Waals surface area contributed by atoms with Crippen molar-refractivity contribution in [3.63, 3.8) is 0 Å². The van der Waals surface area contributed by atoms with Crippen molar-refractivity contribution < 1.29 is 13.9 Å². The largest absolute Gasteiger partial charge is 0.460 e. The zero-order chi connectivity index (χ0) is 15.4. The van der Waals surface area contributed by atoms with E-state index in [9.17, 15) is 9.18 Å². The standard InChI is InChI=1S/C17H22FNO2/c1-11(2)6-7-13-10-16(21-17(13)20)15(19)9-12-4-3-5-14(18)8-12/h3-6,8,13,15-16H,7,9-10,19H2,1-2H3/t13-,15+,16?/m1/s1. The molecular formula is C17H22FNO2. The number of esters is 1. The molecule has 21 heavy (non-hydrogen) atoms. The molecule has 2 N–H and O–H groups in total. The van der Waals surface area contributed by atoms with Crippen molar-refractivity contribution >= 4 is 5.97 Å². The van der Waals surface area contributed by atoms with Crippen molar-refractivity contribution in [2.75, 3.05) is 0 Å². The maximum absolute atomic E-state index is 13.2. The van der Waals surface area contributed by atoms with Crippen LogP contribution in [0.15, 0.2) is 35.9 Å². The lowest BCUT2D eigenvalue weighted by Gasteiger charge is -2.18. The van der Waals surface area contributed by atoms with Crippen LogP contribution in [0.3, 0.4) is 0 Å². The van der Waals surface area contributed by atoms with Crippen molar-refractivity contribution in [1.29, 1.82) is 0 Å². The lowest BCUT2D eigenvalue weighted by molar-refractivity contribution is -0.144. The Morgan fingerprint density at radius 2 is 2.29 bits per heavy atom. The normalized spacial score (nSPS) is 22.8. The summed E-state index contributed by atoms with van der Waals surface area (Å²) in [6, 6.07) is 6.07. The van der Waals surface area contributed by atoms with Gasteiger partial charge in [0.2, 0.25) is 0 Å². The Morgan fingerprint density at radius 1 is 1.52 bits per heavy atom. The minimum absolute atomic E-state index is 0.108. The molecule has 1 heterocycles. The first-order valence-corrected chi connectivity index (χ1v) is 7.29. The van der Waals surface area contributed by atoms with Crippen LogP contribution in [0, 0.1) is 11.7 Å². The van der Waals surface area contributed by atoms with Gasteiger partial charge in [0, 0.05) is 6.04 Å². The fraction of sp³-hybridized carbons (Fsp3) is 0.471. The number of hydrogen-bond acceptors (Lipinski definition) is 3. The molecular weight excluding hydrogens is 269 g/mol. The molecule has 4 heteroatoms. The summed E-state index contributed by atoms with van der Waals surface area (Å²) in [7, 11) is 0. The predicted octanol–water partition coefficient (Wildman–Crippen LogP) is 2.98. The van der Waals surface area contributed by atoms with E-state index in [1.807, 2.05) is 26.0 Å². The van der Waals surface area contributed by atoms with E-state index in [0.29, 0.717) is 19.3 Å². The number of cyclic esters (lactones) is 1. The molecule has 3 nitrogen and oxygen atoms in total. The van der Waals surface area contributed by atoms with Crippen LogP contribution in [0.4, 0.5) is 4.39 Å². The summed E-state index contributed by atoms with van der Waals surface area (Å²) in [4.78, 5) is 11.8. The highest BCUT2D eigenvalue weighted by Gasteiger charge is 2.36. The molecule has 1 aliphatic rings. The molecule has 1 aromatic carbocycles. The highest BCUT2D eigenvalue weighted by atomic mass is 19.1. The molecule has 0 bridgehead atoms. The Kier molecular flexibility index (Phi) is 5.12. The molecule has 0 spiro atoms. The third kappa shape index (κ3) is 4.39. The second-order valence-corrected chi connectivity index (χ2v) is 5.92. The van der Waals surface area contributed by atoms with Crippen molar-refractivity contribution in [2.24, 2.45) is 11.7 Å². The molecule has 2 rings (SSSR count). The number of benzene rings is 1. The molecule has 114 valence electrons. The van der Waals surface area contributed by atoms with Gasteiger partial charge >= 0.3 is 5.97 Å². The number of ether oxygens (including phenoxy) is 1. The van der Waals surface area contributed by atoms with Gasteiger partial charge in [0.15, 0.2) is 0 Å². The van der Waals surface area contributed by atoms with Gasteiger partial charge in [0.1, 0.15) is 11.9 Å². The minimum atomic E-state index is -0.299. The molecule has 0 saturated carbocycles. The van der Waals surface area contributed by atoms with Crippen LogP contribution < -0.4 is 5.73 Å². The number of carbonyl (C=O) groups is 1. The van der Waals surface area contributed by atoms with Gasteiger partial charge in [-0.1, -0.05) is 23.8 Å². The van der Waals surface area contributed by atoms with E-state index < -0.39 is 0 Å². The topological polar surface area (TPSA) is 52.3 Å². The fourth-order valence-corrected chi connectivity index (χ4v) is 2.57. The number of carbonyl (C=O) groups excluding carboxylic acids is 1. The Hall–Kier alpha value is -1.68. The Balaban J connectivity index is 1.93. The Bertz CT molecular complexity index is 537. The first-order chi connectivity index (χ1) is 9.95. The predicted molar refractivity (Wildman–Crippen MR) is 80.1 cm³/mol. The Labute approximate surface area is 125 Å². The number of hydrogen-bond donors (Lipinski definition) is 1. The van der Waals surface area contributed by atoms with E-state index >= 15 is 0 Å². The SMILES string of the molecule is CC(C)=CC[C@@H]1CC([C@@H](N)Cc2cccc(F)c2)OC1=O. The van der Waals surface area contributed by atoms with Crippen LogP contribution >= 0.6 is 0 Å². The van der Waals surface area contributed by atoms with Gasteiger partial charge in [0.25, 0.3) is 0 Å².